The molecule has 0 saturated heterocycles. The van der Waals surface area contributed by atoms with Crippen LogP contribution >= 0.6 is 34.4 Å². The van der Waals surface area contributed by atoms with Gasteiger partial charge in [-0.3, -0.25) is 4.79 Å². The van der Waals surface area contributed by atoms with Crippen molar-refractivity contribution >= 4 is 45.5 Å². The van der Waals surface area contributed by atoms with E-state index in [1.54, 1.807) is 23.1 Å². The monoisotopic (exact) mass is 360 g/mol. The van der Waals surface area contributed by atoms with Gasteiger partial charge in [0.2, 0.25) is 5.91 Å². The number of thiazole rings is 1. The fourth-order valence-electron chi connectivity index (χ4n) is 2.13. The minimum Gasteiger partial charge on any atom is -0.301 e. The maximum Gasteiger partial charge on any atom is 0.236 e. The van der Waals surface area contributed by atoms with E-state index in [1.807, 2.05) is 22.9 Å². The molecule has 0 fully saturated rings. The summed E-state index contributed by atoms with van der Waals surface area (Å²) in [5.41, 5.74) is 3.36. The number of carbonyl (C=O) groups is 1. The third-order valence-corrected chi connectivity index (χ3v) is 6.04. The van der Waals surface area contributed by atoms with Gasteiger partial charge in [-0.1, -0.05) is 23.8 Å². The van der Waals surface area contributed by atoms with Crippen LogP contribution in [0.5, 0.6) is 0 Å². The van der Waals surface area contributed by atoms with Crippen molar-refractivity contribution in [3.63, 3.8) is 0 Å². The summed E-state index contributed by atoms with van der Waals surface area (Å²) in [6.45, 7) is 4.14. The molecule has 118 valence electrons. The van der Waals surface area contributed by atoms with Crippen LogP contribution in [-0.2, 0) is 4.79 Å². The van der Waals surface area contributed by atoms with Gasteiger partial charge in [0.05, 0.1) is 16.3 Å². The highest BCUT2D eigenvalue weighted by atomic mass is 32.2. The van der Waals surface area contributed by atoms with Crippen molar-refractivity contribution in [2.45, 2.75) is 18.7 Å². The topological polar surface area (TPSA) is 42.0 Å². The van der Waals surface area contributed by atoms with E-state index in [0.29, 0.717) is 10.9 Å². The molecule has 0 aliphatic heterocycles. The molecule has 0 atom stereocenters. The molecule has 1 N–H and O–H groups in total. The first kappa shape index (κ1) is 16.2. The van der Waals surface area contributed by atoms with Crippen molar-refractivity contribution < 1.29 is 4.79 Å². The smallest absolute Gasteiger partial charge is 0.236 e. The predicted octanol–water partition coefficient (Wildman–Crippen LogP) is 5.22. The quantitative estimate of drug-likeness (QED) is 0.634. The van der Waals surface area contributed by atoms with E-state index in [1.165, 1.54) is 22.5 Å². The SMILES string of the molecule is Cc1ccc(SCC(=O)Nc2nc(-c3cccs3)cs2)c(C)c1. The Balaban J connectivity index is 1.57. The zero-order valence-electron chi connectivity index (χ0n) is 12.8. The number of carbonyl (C=O) groups excluding carboxylic acids is 1. The van der Waals surface area contributed by atoms with E-state index < -0.39 is 0 Å². The van der Waals surface area contributed by atoms with Gasteiger partial charge in [0, 0.05) is 10.3 Å². The third-order valence-electron chi connectivity index (χ3n) is 3.21. The van der Waals surface area contributed by atoms with Gasteiger partial charge in [0.15, 0.2) is 5.13 Å². The molecule has 0 aliphatic rings. The molecule has 3 aromatic rings. The Kier molecular flexibility index (Phi) is 5.15. The lowest BCUT2D eigenvalue weighted by molar-refractivity contribution is -0.113. The summed E-state index contributed by atoms with van der Waals surface area (Å²) in [5.74, 6) is 0.361. The van der Waals surface area contributed by atoms with Crippen LogP contribution in [0.4, 0.5) is 5.13 Å². The molecule has 2 heterocycles. The molecule has 0 radical (unpaired) electrons. The van der Waals surface area contributed by atoms with Gasteiger partial charge in [-0.2, -0.15) is 0 Å². The van der Waals surface area contributed by atoms with Crippen molar-refractivity contribution in [2.75, 3.05) is 11.1 Å². The first-order valence-electron chi connectivity index (χ1n) is 7.11. The molecule has 1 amide bonds. The van der Waals surface area contributed by atoms with Crippen molar-refractivity contribution in [3.8, 4) is 10.6 Å². The molecule has 0 aliphatic carbocycles. The average molecular weight is 361 g/mol. The van der Waals surface area contributed by atoms with Gasteiger partial charge in [0.25, 0.3) is 0 Å². The zero-order chi connectivity index (χ0) is 16.2. The number of thioether (sulfide) groups is 1. The molecule has 0 bridgehead atoms. The van der Waals surface area contributed by atoms with Crippen LogP contribution in [0.25, 0.3) is 10.6 Å². The number of anilines is 1. The lowest BCUT2D eigenvalue weighted by atomic mass is 10.2. The number of thiophene rings is 1. The third kappa shape index (κ3) is 4.22. The van der Waals surface area contributed by atoms with Gasteiger partial charge in [-0.15, -0.1) is 34.4 Å². The van der Waals surface area contributed by atoms with Crippen LogP contribution in [0.3, 0.4) is 0 Å². The second-order valence-electron chi connectivity index (χ2n) is 5.12. The number of nitrogens with zero attached hydrogens (tertiary/aromatic N) is 1. The Hall–Kier alpha value is -1.63. The standard InChI is InChI=1S/C17H16N2OS3/c1-11-5-6-14(12(2)8-11)22-10-16(20)19-17-18-13(9-23-17)15-4-3-7-21-15/h3-9H,10H2,1-2H3,(H,18,19,20). The lowest BCUT2D eigenvalue weighted by Crippen LogP contribution is -2.13. The zero-order valence-corrected chi connectivity index (χ0v) is 15.3. The molecule has 0 unspecified atom stereocenters. The number of aryl methyl sites for hydroxylation is 2. The van der Waals surface area contributed by atoms with Crippen LogP contribution < -0.4 is 5.32 Å². The predicted molar refractivity (Wildman–Crippen MR) is 101 cm³/mol. The molecule has 3 rings (SSSR count). The van der Waals surface area contributed by atoms with Crippen LogP contribution in [-0.4, -0.2) is 16.6 Å². The minimum atomic E-state index is -0.0259. The molecular formula is C17H16N2OS3. The van der Waals surface area contributed by atoms with Crippen molar-refractivity contribution in [3.05, 3.63) is 52.2 Å². The Labute approximate surface area is 147 Å². The number of nitrogens with one attached hydrogen (secondary N) is 1. The molecule has 23 heavy (non-hydrogen) atoms. The fourth-order valence-corrected chi connectivity index (χ4v) is 4.43. The normalized spacial score (nSPS) is 10.7. The summed E-state index contributed by atoms with van der Waals surface area (Å²) < 4.78 is 0. The van der Waals surface area contributed by atoms with E-state index in [9.17, 15) is 4.79 Å². The van der Waals surface area contributed by atoms with Gasteiger partial charge in [-0.05, 0) is 36.9 Å². The Bertz CT molecular complexity index is 809. The van der Waals surface area contributed by atoms with Crippen LogP contribution in [0, 0.1) is 13.8 Å². The Morgan fingerprint density at radius 2 is 2.13 bits per heavy atom. The summed E-state index contributed by atoms with van der Waals surface area (Å²) in [4.78, 5) is 18.8. The van der Waals surface area contributed by atoms with E-state index in [4.69, 9.17) is 0 Å². The van der Waals surface area contributed by atoms with Crippen LogP contribution in [0.1, 0.15) is 11.1 Å². The van der Waals surface area contributed by atoms with Crippen LogP contribution in [0.15, 0.2) is 46.0 Å². The summed E-state index contributed by atoms with van der Waals surface area (Å²) in [6.07, 6.45) is 0. The van der Waals surface area contributed by atoms with Gasteiger partial charge in [0.1, 0.15) is 0 Å². The number of hydrogen-bond donors (Lipinski definition) is 1. The molecule has 1 aromatic carbocycles. The summed E-state index contributed by atoms with van der Waals surface area (Å²) in [5, 5.41) is 7.52. The Morgan fingerprint density at radius 3 is 2.87 bits per heavy atom. The molecule has 6 heteroatoms. The number of amides is 1. The average Bonchev–Trinajstić information content (AvgIpc) is 3.17. The van der Waals surface area contributed by atoms with E-state index >= 15 is 0 Å². The maximum atomic E-state index is 12.1. The van der Waals surface area contributed by atoms with E-state index in [0.717, 1.165) is 15.5 Å². The van der Waals surface area contributed by atoms with E-state index in [2.05, 4.69) is 42.3 Å². The second kappa shape index (κ2) is 7.29. The largest absolute Gasteiger partial charge is 0.301 e. The van der Waals surface area contributed by atoms with Crippen molar-refractivity contribution in [1.29, 1.82) is 0 Å². The van der Waals surface area contributed by atoms with Gasteiger partial charge >= 0.3 is 0 Å². The highest BCUT2D eigenvalue weighted by Gasteiger charge is 2.10. The molecule has 2 aromatic heterocycles. The summed E-state index contributed by atoms with van der Waals surface area (Å²) >= 11 is 4.66. The number of benzene rings is 1. The van der Waals surface area contributed by atoms with Gasteiger partial charge in [-0.25, -0.2) is 4.98 Å². The van der Waals surface area contributed by atoms with E-state index in [-0.39, 0.29) is 5.91 Å². The second-order valence-corrected chi connectivity index (χ2v) is 7.94. The minimum absolute atomic E-state index is 0.0259. The molecule has 0 saturated carbocycles. The lowest BCUT2D eigenvalue weighted by Gasteiger charge is -2.06. The van der Waals surface area contributed by atoms with Crippen molar-refractivity contribution in [1.82, 2.24) is 4.98 Å². The molecule has 3 nitrogen and oxygen atoms in total. The number of hydrogen-bond acceptors (Lipinski definition) is 5. The molecule has 0 spiro atoms. The number of rotatable bonds is 5. The van der Waals surface area contributed by atoms with Crippen LogP contribution in [0.2, 0.25) is 0 Å². The summed E-state index contributed by atoms with van der Waals surface area (Å²) in [7, 11) is 0. The summed E-state index contributed by atoms with van der Waals surface area (Å²) in [6, 6.07) is 10.3. The van der Waals surface area contributed by atoms with Gasteiger partial charge < -0.3 is 5.32 Å². The highest BCUT2D eigenvalue weighted by Crippen LogP contribution is 2.28. The maximum absolute atomic E-state index is 12.1. The first-order valence-corrected chi connectivity index (χ1v) is 9.85. The van der Waals surface area contributed by atoms with Crippen molar-refractivity contribution in [2.24, 2.45) is 0 Å². The molecular weight excluding hydrogens is 344 g/mol. The fraction of sp³-hybridized carbons (Fsp3) is 0.176. The first-order chi connectivity index (χ1) is 11.1. The highest BCUT2D eigenvalue weighted by molar-refractivity contribution is 8.00. The Morgan fingerprint density at radius 1 is 1.26 bits per heavy atom. The number of aromatic nitrogens is 1.